The van der Waals surface area contributed by atoms with E-state index in [1.165, 1.54) is 44.2 Å². The van der Waals surface area contributed by atoms with Crippen LogP contribution in [-0.4, -0.2) is 17.2 Å². The van der Waals surface area contributed by atoms with E-state index < -0.39 is 0 Å². The highest BCUT2D eigenvalue weighted by Crippen LogP contribution is 2.14. The number of hydrogen-bond donors (Lipinski definition) is 1. The lowest BCUT2D eigenvalue weighted by atomic mass is 9.96. The Bertz CT molecular complexity index is 406. The number of benzene rings is 1. The number of nitrogens with zero attached hydrogens (tertiary/aromatic N) is 1. The van der Waals surface area contributed by atoms with Crippen LogP contribution >= 0.6 is 0 Å². The molecule has 0 aliphatic heterocycles. The van der Waals surface area contributed by atoms with Gasteiger partial charge in [0.2, 0.25) is 0 Å². The van der Waals surface area contributed by atoms with Crippen molar-refractivity contribution >= 4 is 11.9 Å². The van der Waals surface area contributed by atoms with Gasteiger partial charge in [-0.2, -0.15) is 0 Å². The second-order valence-electron chi connectivity index (χ2n) is 4.49. The van der Waals surface area contributed by atoms with Crippen molar-refractivity contribution < 1.29 is 9.92 Å². The standard InChI is InChI=1S/C13H16N2O2/c16-15(17)13-8-6-11(7-9-13)10-14-12-4-2-1-3-5-12/h6-10,12H,1-5H2/p+1. The van der Waals surface area contributed by atoms with Gasteiger partial charge < -0.3 is 0 Å². The molecule has 1 saturated carbocycles. The second-order valence-corrected chi connectivity index (χ2v) is 4.49. The van der Waals surface area contributed by atoms with Crippen molar-refractivity contribution in [3.8, 4) is 0 Å². The van der Waals surface area contributed by atoms with Gasteiger partial charge in [-0.05, 0) is 25.0 Å². The largest absolute Gasteiger partial charge is 0.269 e. The van der Waals surface area contributed by atoms with Crippen LogP contribution in [0.1, 0.15) is 37.7 Å². The summed E-state index contributed by atoms with van der Waals surface area (Å²) in [6, 6.07) is 7.18. The Hall–Kier alpha value is -1.71. The lowest BCUT2D eigenvalue weighted by Gasteiger charge is -2.12. The van der Waals surface area contributed by atoms with Gasteiger partial charge in [0.05, 0.1) is 4.92 Å². The average molecular weight is 233 g/mol. The fraction of sp³-hybridized carbons (Fsp3) is 0.462. The van der Waals surface area contributed by atoms with Crippen LogP contribution in [-0.2, 0) is 0 Å². The number of nitro groups is 1. The molecule has 0 amide bonds. The SMILES string of the molecule is O=[N+]([O-])c1ccc(C=[NH+]C2CCCCC2)cc1. The van der Waals surface area contributed by atoms with E-state index in [0.717, 1.165) is 5.56 Å². The predicted octanol–water partition coefficient (Wildman–Crippen LogP) is 1.43. The van der Waals surface area contributed by atoms with Gasteiger partial charge in [-0.3, -0.25) is 10.1 Å². The summed E-state index contributed by atoms with van der Waals surface area (Å²) in [6.07, 6.45) is 8.35. The third-order valence-electron chi connectivity index (χ3n) is 3.19. The lowest BCUT2D eigenvalue weighted by molar-refractivity contribution is -0.502. The van der Waals surface area contributed by atoms with E-state index in [4.69, 9.17) is 0 Å². The van der Waals surface area contributed by atoms with Gasteiger partial charge in [-0.25, -0.2) is 4.99 Å². The average Bonchev–Trinajstić information content (AvgIpc) is 2.38. The first-order valence-corrected chi connectivity index (χ1v) is 6.09. The molecule has 0 atom stereocenters. The molecule has 1 aromatic carbocycles. The van der Waals surface area contributed by atoms with Gasteiger partial charge in [-0.15, -0.1) is 0 Å². The van der Waals surface area contributed by atoms with Crippen molar-refractivity contribution in [3.63, 3.8) is 0 Å². The molecule has 1 aliphatic carbocycles. The van der Waals surface area contributed by atoms with Crippen molar-refractivity contribution in [1.82, 2.24) is 0 Å². The summed E-state index contributed by atoms with van der Waals surface area (Å²) in [6.45, 7) is 0. The highest BCUT2D eigenvalue weighted by Gasteiger charge is 2.15. The molecule has 1 fully saturated rings. The minimum atomic E-state index is -0.377. The molecular weight excluding hydrogens is 216 g/mol. The second kappa shape index (κ2) is 5.57. The molecule has 4 heteroatoms. The Kier molecular flexibility index (Phi) is 3.85. The molecule has 4 nitrogen and oxygen atoms in total. The fourth-order valence-corrected chi connectivity index (χ4v) is 2.18. The Balaban J connectivity index is 1.98. The highest BCUT2D eigenvalue weighted by molar-refractivity contribution is 5.75. The number of non-ortho nitro benzene ring substituents is 1. The third-order valence-corrected chi connectivity index (χ3v) is 3.19. The van der Waals surface area contributed by atoms with Gasteiger partial charge in [-0.1, -0.05) is 6.42 Å². The first kappa shape index (κ1) is 11.8. The van der Waals surface area contributed by atoms with Crippen molar-refractivity contribution in [2.75, 3.05) is 0 Å². The quantitative estimate of drug-likeness (QED) is 0.488. The van der Waals surface area contributed by atoms with Gasteiger partial charge >= 0.3 is 0 Å². The molecule has 1 N–H and O–H groups in total. The van der Waals surface area contributed by atoms with E-state index >= 15 is 0 Å². The summed E-state index contributed by atoms with van der Waals surface area (Å²) >= 11 is 0. The topological polar surface area (TPSA) is 57.1 Å². The van der Waals surface area contributed by atoms with Crippen LogP contribution in [0.5, 0.6) is 0 Å². The first-order chi connectivity index (χ1) is 8.25. The Morgan fingerprint density at radius 1 is 1.18 bits per heavy atom. The van der Waals surface area contributed by atoms with Crippen LogP contribution < -0.4 is 4.99 Å². The smallest absolute Gasteiger partial charge is 0.258 e. The summed E-state index contributed by atoms with van der Waals surface area (Å²) in [5.74, 6) is 0. The fourth-order valence-electron chi connectivity index (χ4n) is 2.18. The summed E-state index contributed by atoms with van der Waals surface area (Å²) in [5.41, 5.74) is 1.13. The zero-order chi connectivity index (χ0) is 12.1. The Labute approximate surface area is 101 Å². The molecule has 0 saturated heterocycles. The van der Waals surface area contributed by atoms with Crippen molar-refractivity contribution in [2.45, 2.75) is 38.1 Å². The van der Waals surface area contributed by atoms with Crippen LogP contribution in [0.25, 0.3) is 0 Å². The molecule has 0 aromatic heterocycles. The third kappa shape index (κ3) is 3.37. The van der Waals surface area contributed by atoms with E-state index in [-0.39, 0.29) is 10.6 Å². The van der Waals surface area contributed by atoms with Crippen molar-refractivity contribution in [1.29, 1.82) is 0 Å². The Morgan fingerprint density at radius 3 is 2.41 bits per heavy atom. The number of nitrogens with one attached hydrogen (secondary N) is 1. The van der Waals surface area contributed by atoms with E-state index in [9.17, 15) is 10.1 Å². The van der Waals surface area contributed by atoms with Crippen LogP contribution in [0.15, 0.2) is 24.3 Å². The molecule has 17 heavy (non-hydrogen) atoms. The summed E-state index contributed by atoms with van der Waals surface area (Å²) in [5, 5.41) is 10.5. The maximum Gasteiger partial charge on any atom is 0.269 e. The molecule has 1 aliphatic rings. The number of hydrogen-bond acceptors (Lipinski definition) is 2. The molecule has 90 valence electrons. The van der Waals surface area contributed by atoms with Gasteiger partial charge in [0.1, 0.15) is 0 Å². The zero-order valence-corrected chi connectivity index (χ0v) is 9.76. The van der Waals surface area contributed by atoms with Crippen LogP contribution in [0, 0.1) is 10.1 Å². The molecule has 0 heterocycles. The van der Waals surface area contributed by atoms with E-state index in [1.54, 1.807) is 12.1 Å². The minimum absolute atomic E-state index is 0.139. The maximum atomic E-state index is 10.5. The van der Waals surface area contributed by atoms with E-state index in [2.05, 4.69) is 4.99 Å². The molecule has 0 unspecified atom stereocenters. The summed E-state index contributed by atoms with van der Waals surface area (Å²) < 4.78 is 0. The van der Waals surface area contributed by atoms with Crippen molar-refractivity contribution in [2.24, 2.45) is 0 Å². The zero-order valence-electron chi connectivity index (χ0n) is 9.76. The highest BCUT2D eigenvalue weighted by atomic mass is 16.6. The molecule has 0 spiro atoms. The Morgan fingerprint density at radius 2 is 1.82 bits per heavy atom. The van der Waals surface area contributed by atoms with Gasteiger partial charge in [0.25, 0.3) is 5.69 Å². The minimum Gasteiger partial charge on any atom is -0.258 e. The molecule has 2 rings (SSSR count). The van der Waals surface area contributed by atoms with Crippen LogP contribution in [0.2, 0.25) is 0 Å². The summed E-state index contributed by atoms with van der Waals surface area (Å²) in [4.78, 5) is 13.5. The first-order valence-electron chi connectivity index (χ1n) is 6.09. The molecule has 0 radical (unpaired) electrons. The predicted molar refractivity (Wildman–Crippen MR) is 66.1 cm³/mol. The van der Waals surface area contributed by atoms with Crippen molar-refractivity contribution in [3.05, 3.63) is 39.9 Å². The van der Waals surface area contributed by atoms with E-state index in [1.807, 2.05) is 6.21 Å². The van der Waals surface area contributed by atoms with Crippen LogP contribution in [0.4, 0.5) is 5.69 Å². The lowest BCUT2D eigenvalue weighted by Crippen LogP contribution is -2.76. The van der Waals surface area contributed by atoms with Gasteiger partial charge in [0.15, 0.2) is 12.3 Å². The monoisotopic (exact) mass is 233 g/mol. The van der Waals surface area contributed by atoms with E-state index in [0.29, 0.717) is 6.04 Å². The molecule has 0 bridgehead atoms. The number of rotatable bonds is 3. The normalized spacial score (nSPS) is 17.4. The van der Waals surface area contributed by atoms with Gasteiger partial charge in [0, 0.05) is 30.5 Å². The molecular formula is C13H17N2O2+. The molecule has 1 aromatic rings. The van der Waals surface area contributed by atoms with Crippen LogP contribution in [0.3, 0.4) is 0 Å². The summed E-state index contributed by atoms with van der Waals surface area (Å²) in [7, 11) is 0. The number of nitro benzene ring substituents is 1. The maximum absolute atomic E-state index is 10.5.